The molecule has 0 saturated carbocycles. The first-order valence-corrected chi connectivity index (χ1v) is 10.1. The summed E-state index contributed by atoms with van der Waals surface area (Å²) < 4.78 is 11.7. The highest BCUT2D eigenvalue weighted by atomic mass is 32.1. The van der Waals surface area contributed by atoms with E-state index in [0.29, 0.717) is 27.6 Å². The largest absolute Gasteiger partial charge is 0.464 e. The Labute approximate surface area is 169 Å². The summed E-state index contributed by atoms with van der Waals surface area (Å²) in [5, 5.41) is 10.1. The number of nitrogens with zero attached hydrogens (tertiary/aromatic N) is 3. The highest BCUT2D eigenvalue weighted by molar-refractivity contribution is 7.15. The van der Waals surface area contributed by atoms with Gasteiger partial charge in [-0.05, 0) is 31.2 Å². The average molecular weight is 407 g/mol. The maximum atomic E-state index is 13.4. The van der Waals surface area contributed by atoms with Gasteiger partial charge in [0.1, 0.15) is 28.2 Å². The summed E-state index contributed by atoms with van der Waals surface area (Å²) in [4.78, 5) is 28.1. The normalized spacial score (nSPS) is 16.2. The van der Waals surface area contributed by atoms with Crippen molar-refractivity contribution in [2.45, 2.75) is 32.7 Å². The standard InChI is InChI=1S/C21H17N3O4S/c1-10(2)19-22-23-21(29-19)24-16(14-9-8-11(3)27-14)15-17(25)12-6-4-5-7-13(12)28-18(15)20(24)26/h4-10,16H,1-3H3/t16-/m1/s1. The van der Waals surface area contributed by atoms with E-state index in [2.05, 4.69) is 10.2 Å². The Hall–Kier alpha value is -3.26. The number of para-hydroxylation sites is 1. The van der Waals surface area contributed by atoms with Crippen LogP contribution in [0.25, 0.3) is 11.0 Å². The van der Waals surface area contributed by atoms with Crippen molar-refractivity contribution >= 4 is 33.3 Å². The Balaban J connectivity index is 1.78. The topological polar surface area (TPSA) is 89.4 Å². The van der Waals surface area contributed by atoms with Crippen LogP contribution in [0.1, 0.15) is 58.5 Å². The van der Waals surface area contributed by atoms with Crippen LogP contribution in [0.15, 0.2) is 50.0 Å². The van der Waals surface area contributed by atoms with E-state index in [0.717, 1.165) is 5.01 Å². The molecule has 7 nitrogen and oxygen atoms in total. The van der Waals surface area contributed by atoms with Gasteiger partial charge in [-0.2, -0.15) is 0 Å². The number of hydrogen-bond acceptors (Lipinski definition) is 7. The molecule has 0 bridgehead atoms. The first-order valence-electron chi connectivity index (χ1n) is 9.24. The number of aryl methyl sites for hydroxylation is 1. The third kappa shape index (κ3) is 2.63. The van der Waals surface area contributed by atoms with Crippen LogP contribution in [0.3, 0.4) is 0 Å². The lowest BCUT2D eigenvalue weighted by Crippen LogP contribution is -2.29. The van der Waals surface area contributed by atoms with Crippen molar-refractivity contribution in [3.63, 3.8) is 0 Å². The minimum atomic E-state index is -0.750. The van der Waals surface area contributed by atoms with Gasteiger partial charge in [-0.25, -0.2) is 0 Å². The number of carbonyl (C=O) groups excluding carboxylic acids is 1. The predicted molar refractivity (Wildman–Crippen MR) is 109 cm³/mol. The van der Waals surface area contributed by atoms with Gasteiger partial charge in [-0.15, -0.1) is 10.2 Å². The van der Waals surface area contributed by atoms with Crippen LogP contribution in [-0.2, 0) is 0 Å². The van der Waals surface area contributed by atoms with Crippen molar-refractivity contribution in [1.29, 1.82) is 0 Å². The maximum absolute atomic E-state index is 13.4. The van der Waals surface area contributed by atoms with Gasteiger partial charge in [0.05, 0.1) is 10.9 Å². The summed E-state index contributed by atoms with van der Waals surface area (Å²) in [6, 6.07) is 9.74. The van der Waals surface area contributed by atoms with E-state index in [-0.39, 0.29) is 22.7 Å². The third-order valence-electron chi connectivity index (χ3n) is 4.94. The van der Waals surface area contributed by atoms with Crippen molar-refractivity contribution in [3.05, 3.63) is 74.5 Å². The molecule has 1 aliphatic rings. The maximum Gasteiger partial charge on any atom is 0.297 e. The summed E-state index contributed by atoms with van der Waals surface area (Å²) in [6.45, 7) is 5.84. The van der Waals surface area contributed by atoms with Crippen LogP contribution in [0.5, 0.6) is 0 Å². The summed E-state index contributed by atoms with van der Waals surface area (Å²) >= 11 is 1.33. The second-order valence-electron chi connectivity index (χ2n) is 7.27. The molecule has 0 fully saturated rings. The number of carbonyl (C=O) groups is 1. The first-order chi connectivity index (χ1) is 14.0. The Kier molecular flexibility index (Phi) is 3.92. The molecule has 0 spiro atoms. The number of furan rings is 1. The van der Waals surface area contributed by atoms with Gasteiger partial charge in [-0.1, -0.05) is 37.3 Å². The number of benzene rings is 1. The van der Waals surface area contributed by atoms with Crippen LogP contribution in [0.2, 0.25) is 0 Å². The number of rotatable bonds is 3. The van der Waals surface area contributed by atoms with E-state index in [1.165, 1.54) is 16.2 Å². The van der Waals surface area contributed by atoms with E-state index in [1.807, 2.05) is 20.8 Å². The van der Waals surface area contributed by atoms with Crippen molar-refractivity contribution in [3.8, 4) is 0 Å². The first kappa shape index (κ1) is 17.8. The van der Waals surface area contributed by atoms with Crippen LogP contribution >= 0.6 is 11.3 Å². The lowest BCUT2D eigenvalue weighted by atomic mass is 10.0. The zero-order valence-electron chi connectivity index (χ0n) is 16.0. The molecule has 0 saturated heterocycles. The second kappa shape index (κ2) is 6.38. The third-order valence-corrected chi connectivity index (χ3v) is 6.16. The Bertz CT molecular complexity index is 1320. The molecule has 0 aliphatic carbocycles. The van der Waals surface area contributed by atoms with Crippen molar-refractivity contribution in [2.24, 2.45) is 0 Å². The minimum Gasteiger partial charge on any atom is -0.464 e. The fourth-order valence-corrected chi connectivity index (χ4v) is 4.42. The monoisotopic (exact) mass is 407 g/mol. The summed E-state index contributed by atoms with van der Waals surface area (Å²) in [5.74, 6) is 0.944. The zero-order chi connectivity index (χ0) is 20.3. The van der Waals surface area contributed by atoms with E-state index >= 15 is 0 Å². The molecule has 29 heavy (non-hydrogen) atoms. The van der Waals surface area contributed by atoms with E-state index in [9.17, 15) is 9.59 Å². The molecule has 1 aromatic carbocycles. The van der Waals surface area contributed by atoms with Crippen LogP contribution in [0.4, 0.5) is 5.13 Å². The molecule has 4 aromatic rings. The van der Waals surface area contributed by atoms with Gasteiger partial charge >= 0.3 is 0 Å². The lowest BCUT2D eigenvalue weighted by molar-refractivity contribution is 0.0969. The van der Waals surface area contributed by atoms with Gasteiger partial charge in [0.15, 0.2) is 5.43 Å². The quantitative estimate of drug-likeness (QED) is 0.499. The number of amides is 1. The van der Waals surface area contributed by atoms with Gasteiger partial charge in [-0.3, -0.25) is 14.5 Å². The molecule has 0 radical (unpaired) electrons. The van der Waals surface area contributed by atoms with Crippen molar-refractivity contribution < 1.29 is 13.6 Å². The summed E-state index contributed by atoms with van der Waals surface area (Å²) in [6.07, 6.45) is 0. The molecule has 0 N–H and O–H groups in total. The number of aromatic nitrogens is 2. The van der Waals surface area contributed by atoms with Crippen molar-refractivity contribution in [1.82, 2.24) is 10.2 Å². The fraction of sp³-hybridized carbons (Fsp3) is 0.238. The van der Waals surface area contributed by atoms with Crippen molar-refractivity contribution in [2.75, 3.05) is 4.90 Å². The minimum absolute atomic E-state index is 0.0223. The van der Waals surface area contributed by atoms with Gasteiger partial charge in [0.2, 0.25) is 10.9 Å². The molecule has 1 atom stereocenters. The number of anilines is 1. The van der Waals surface area contributed by atoms with Gasteiger partial charge in [0.25, 0.3) is 5.91 Å². The van der Waals surface area contributed by atoms with E-state index in [4.69, 9.17) is 8.83 Å². The Morgan fingerprint density at radius 1 is 1.07 bits per heavy atom. The molecular weight excluding hydrogens is 390 g/mol. The fourth-order valence-electron chi connectivity index (χ4n) is 3.54. The SMILES string of the molecule is Cc1ccc([C@@H]2c3c(oc4ccccc4c3=O)C(=O)N2c2nnc(C(C)C)s2)o1. The average Bonchev–Trinajstić information content (AvgIpc) is 3.40. The predicted octanol–water partition coefficient (Wildman–Crippen LogP) is 4.42. The number of fused-ring (bicyclic) bond motifs is 2. The summed E-state index contributed by atoms with van der Waals surface area (Å²) in [7, 11) is 0. The van der Waals surface area contributed by atoms with Crippen LogP contribution in [0, 0.1) is 6.92 Å². The molecule has 0 unspecified atom stereocenters. The zero-order valence-corrected chi connectivity index (χ0v) is 16.8. The second-order valence-corrected chi connectivity index (χ2v) is 8.26. The Morgan fingerprint density at radius 3 is 2.55 bits per heavy atom. The smallest absolute Gasteiger partial charge is 0.297 e. The molecular formula is C21H17N3O4S. The lowest BCUT2D eigenvalue weighted by Gasteiger charge is -2.19. The highest BCUT2D eigenvalue weighted by Gasteiger charge is 2.46. The molecule has 3 aromatic heterocycles. The molecule has 146 valence electrons. The molecule has 1 amide bonds. The number of hydrogen-bond donors (Lipinski definition) is 0. The summed E-state index contributed by atoms with van der Waals surface area (Å²) in [5.41, 5.74) is 0.399. The molecule has 1 aliphatic heterocycles. The highest BCUT2D eigenvalue weighted by Crippen LogP contribution is 2.43. The van der Waals surface area contributed by atoms with E-state index < -0.39 is 11.9 Å². The Morgan fingerprint density at radius 2 is 1.86 bits per heavy atom. The molecule has 5 rings (SSSR count). The van der Waals surface area contributed by atoms with Crippen LogP contribution in [-0.4, -0.2) is 16.1 Å². The van der Waals surface area contributed by atoms with Crippen LogP contribution < -0.4 is 10.3 Å². The van der Waals surface area contributed by atoms with Gasteiger partial charge in [0, 0.05) is 5.92 Å². The van der Waals surface area contributed by atoms with E-state index in [1.54, 1.807) is 36.4 Å². The molecule has 8 heteroatoms. The van der Waals surface area contributed by atoms with Gasteiger partial charge < -0.3 is 8.83 Å². The molecule has 4 heterocycles.